The van der Waals surface area contributed by atoms with Crippen molar-refractivity contribution in [3.63, 3.8) is 0 Å². The van der Waals surface area contributed by atoms with E-state index in [0.29, 0.717) is 33.8 Å². The Morgan fingerprint density at radius 1 is 1.44 bits per heavy atom. The van der Waals surface area contributed by atoms with Gasteiger partial charge in [0.15, 0.2) is 0 Å². The summed E-state index contributed by atoms with van der Waals surface area (Å²) in [5.74, 6) is 1.24. The molecule has 0 unspecified atom stereocenters. The van der Waals surface area contributed by atoms with Crippen molar-refractivity contribution in [1.82, 2.24) is 0 Å². The predicted molar refractivity (Wildman–Crippen MR) is 76.4 cm³/mol. The molecule has 0 aliphatic carbocycles. The van der Waals surface area contributed by atoms with E-state index in [2.05, 4.69) is 0 Å². The first kappa shape index (κ1) is 13.6. The number of nitrogens with two attached hydrogens (primary N) is 1. The Kier molecular flexibility index (Phi) is 4.80. The van der Waals surface area contributed by atoms with Crippen LogP contribution in [0.1, 0.15) is 18.4 Å². The van der Waals surface area contributed by atoms with Crippen LogP contribution in [0.5, 0.6) is 5.75 Å². The number of ether oxygens (including phenoxy) is 2. The molecule has 3 nitrogen and oxygen atoms in total. The van der Waals surface area contributed by atoms with Crippen LogP contribution >= 0.6 is 23.8 Å². The lowest BCUT2D eigenvalue weighted by atomic mass is 10.0. The molecule has 98 valence electrons. The zero-order valence-electron chi connectivity index (χ0n) is 10.0. The van der Waals surface area contributed by atoms with Gasteiger partial charge in [-0.05, 0) is 37.0 Å². The van der Waals surface area contributed by atoms with Gasteiger partial charge in [0, 0.05) is 18.2 Å². The molecule has 1 heterocycles. The summed E-state index contributed by atoms with van der Waals surface area (Å²) < 4.78 is 11.1. The third-order valence-corrected chi connectivity index (χ3v) is 3.48. The zero-order valence-corrected chi connectivity index (χ0v) is 11.6. The maximum absolute atomic E-state index is 5.92. The van der Waals surface area contributed by atoms with Crippen LogP contribution in [0.3, 0.4) is 0 Å². The Hall–Kier alpha value is -0.840. The fourth-order valence-corrected chi connectivity index (χ4v) is 2.27. The third kappa shape index (κ3) is 3.57. The predicted octanol–water partition coefficient (Wildman–Crippen LogP) is 2.78. The van der Waals surface area contributed by atoms with E-state index in [4.69, 9.17) is 39.0 Å². The van der Waals surface area contributed by atoms with Gasteiger partial charge < -0.3 is 15.2 Å². The number of halogens is 1. The Morgan fingerprint density at radius 2 is 2.17 bits per heavy atom. The maximum Gasteiger partial charge on any atom is 0.129 e. The Bertz CT molecular complexity index is 433. The van der Waals surface area contributed by atoms with Crippen molar-refractivity contribution in [2.75, 3.05) is 19.8 Å². The van der Waals surface area contributed by atoms with Crippen LogP contribution in [0.15, 0.2) is 18.2 Å². The van der Waals surface area contributed by atoms with Crippen molar-refractivity contribution in [1.29, 1.82) is 0 Å². The highest BCUT2D eigenvalue weighted by molar-refractivity contribution is 7.80. The van der Waals surface area contributed by atoms with Crippen LogP contribution in [0.4, 0.5) is 0 Å². The Balaban J connectivity index is 2.01. The Labute approximate surface area is 117 Å². The van der Waals surface area contributed by atoms with E-state index in [1.54, 1.807) is 12.1 Å². The minimum Gasteiger partial charge on any atom is -0.493 e. The van der Waals surface area contributed by atoms with Gasteiger partial charge in [-0.3, -0.25) is 0 Å². The quantitative estimate of drug-likeness (QED) is 0.864. The molecular weight excluding hydrogens is 270 g/mol. The monoisotopic (exact) mass is 285 g/mol. The van der Waals surface area contributed by atoms with Gasteiger partial charge in [-0.25, -0.2) is 0 Å². The van der Waals surface area contributed by atoms with E-state index < -0.39 is 0 Å². The van der Waals surface area contributed by atoms with E-state index in [9.17, 15) is 0 Å². The fourth-order valence-electron chi connectivity index (χ4n) is 1.94. The number of hydrogen-bond donors (Lipinski definition) is 1. The molecule has 2 rings (SSSR count). The second kappa shape index (κ2) is 6.36. The molecule has 0 bridgehead atoms. The minimum absolute atomic E-state index is 0.305. The molecule has 18 heavy (non-hydrogen) atoms. The number of thiocarbonyl (C=S) groups is 1. The Morgan fingerprint density at radius 3 is 2.83 bits per heavy atom. The van der Waals surface area contributed by atoms with Gasteiger partial charge in [0.05, 0.1) is 12.2 Å². The van der Waals surface area contributed by atoms with Crippen LogP contribution in [0.25, 0.3) is 0 Å². The first-order valence-electron chi connectivity index (χ1n) is 5.96. The summed E-state index contributed by atoms with van der Waals surface area (Å²) in [7, 11) is 0. The van der Waals surface area contributed by atoms with Gasteiger partial charge in [0.2, 0.25) is 0 Å². The second-order valence-corrected chi connectivity index (χ2v) is 5.25. The van der Waals surface area contributed by atoms with Crippen molar-refractivity contribution >= 4 is 28.8 Å². The van der Waals surface area contributed by atoms with E-state index in [1.807, 2.05) is 6.07 Å². The maximum atomic E-state index is 5.92. The normalized spacial score (nSPS) is 16.5. The first-order chi connectivity index (χ1) is 8.66. The SMILES string of the molecule is NC(=S)c1cc(Cl)ccc1OCC1CCOCC1. The number of rotatable bonds is 4. The highest BCUT2D eigenvalue weighted by Gasteiger charge is 2.15. The van der Waals surface area contributed by atoms with Gasteiger partial charge >= 0.3 is 0 Å². The van der Waals surface area contributed by atoms with Gasteiger partial charge in [-0.2, -0.15) is 0 Å². The van der Waals surface area contributed by atoms with Crippen molar-refractivity contribution in [3.8, 4) is 5.75 Å². The molecule has 1 aromatic carbocycles. The lowest BCUT2D eigenvalue weighted by Gasteiger charge is -2.22. The molecule has 1 aromatic rings. The molecule has 0 saturated carbocycles. The van der Waals surface area contributed by atoms with Crippen molar-refractivity contribution in [3.05, 3.63) is 28.8 Å². The third-order valence-electron chi connectivity index (χ3n) is 3.02. The van der Waals surface area contributed by atoms with E-state index in [1.165, 1.54) is 0 Å². The molecule has 0 spiro atoms. The van der Waals surface area contributed by atoms with E-state index in [0.717, 1.165) is 26.1 Å². The first-order valence-corrected chi connectivity index (χ1v) is 6.75. The van der Waals surface area contributed by atoms with Crippen LogP contribution in [-0.2, 0) is 4.74 Å². The van der Waals surface area contributed by atoms with Gasteiger partial charge in [-0.15, -0.1) is 0 Å². The van der Waals surface area contributed by atoms with Crippen molar-refractivity contribution in [2.45, 2.75) is 12.8 Å². The molecule has 1 saturated heterocycles. The molecule has 1 aliphatic heterocycles. The summed E-state index contributed by atoms with van der Waals surface area (Å²) in [4.78, 5) is 0.305. The van der Waals surface area contributed by atoms with Crippen LogP contribution in [0.2, 0.25) is 5.02 Å². The molecule has 5 heteroatoms. The summed E-state index contributed by atoms with van der Waals surface area (Å²) >= 11 is 10.9. The van der Waals surface area contributed by atoms with Crippen LogP contribution in [0, 0.1) is 5.92 Å². The topological polar surface area (TPSA) is 44.5 Å². The summed E-state index contributed by atoms with van der Waals surface area (Å²) in [5, 5.41) is 0.608. The molecule has 0 aromatic heterocycles. The molecule has 2 N–H and O–H groups in total. The average Bonchev–Trinajstić information content (AvgIpc) is 2.38. The highest BCUT2D eigenvalue weighted by Crippen LogP contribution is 2.24. The lowest BCUT2D eigenvalue weighted by Crippen LogP contribution is -2.22. The van der Waals surface area contributed by atoms with Gasteiger partial charge in [0.25, 0.3) is 0 Å². The molecule has 1 fully saturated rings. The second-order valence-electron chi connectivity index (χ2n) is 4.37. The van der Waals surface area contributed by atoms with E-state index >= 15 is 0 Å². The summed E-state index contributed by atoms with van der Waals surface area (Å²) in [6.07, 6.45) is 2.08. The highest BCUT2D eigenvalue weighted by atomic mass is 35.5. The van der Waals surface area contributed by atoms with E-state index in [-0.39, 0.29) is 0 Å². The van der Waals surface area contributed by atoms with Crippen molar-refractivity contribution in [2.24, 2.45) is 11.7 Å². The standard InChI is InChI=1S/C13H16ClNO2S/c14-10-1-2-12(11(7-10)13(15)18)17-8-9-3-5-16-6-4-9/h1-2,7,9H,3-6,8H2,(H2,15,18). The van der Waals surface area contributed by atoms with Crippen LogP contribution < -0.4 is 10.5 Å². The van der Waals surface area contributed by atoms with Gasteiger partial charge in [-0.1, -0.05) is 23.8 Å². The average molecular weight is 286 g/mol. The fraction of sp³-hybridized carbons (Fsp3) is 0.462. The summed E-state index contributed by atoms with van der Waals surface area (Å²) in [5.41, 5.74) is 6.36. The zero-order chi connectivity index (χ0) is 13.0. The largest absolute Gasteiger partial charge is 0.493 e. The lowest BCUT2D eigenvalue weighted by molar-refractivity contribution is 0.0497. The smallest absolute Gasteiger partial charge is 0.129 e. The molecule has 1 aliphatic rings. The van der Waals surface area contributed by atoms with Crippen LogP contribution in [-0.4, -0.2) is 24.8 Å². The minimum atomic E-state index is 0.305. The summed E-state index contributed by atoms with van der Waals surface area (Å²) in [6, 6.07) is 5.34. The molecular formula is C13H16ClNO2S. The number of hydrogen-bond acceptors (Lipinski definition) is 3. The number of benzene rings is 1. The molecule has 0 amide bonds. The molecule has 0 radical (unpaired) electrons. The van der Waals surface area contributed by atoms with Gasteiger partial charge in [0.1, 0.15) is 10.7 Å². The molecule has 0 atom stereocenters. The summed E-state index contributed by atoms with van der Waals surface area (Å²) in [6.45, 7) is 2.30. The van der Waals surface area contributed by atoms with Crippen molar-refractivity contribution < 1.29 is 9.47 Å².